The van der Waals surface area contributed by atoms with Crippen molar-refractivity contribution < 1.29 is 14.0 Å². The van der Waals surface area contributed by atoms with Crippen LogP contribution in [0.25, 0.3) is 5.52 Å². The first-order chi connectivity index (χ1) is 11.8. The molecule has 0 amide bonds. The molecule has 2 aromatic rings. The van der Waals surface area contributed by atoms with Crippen LogP contribution in [0, 0.1) is 5.41 Å². The topological polar surface area (TPSA) is 79.8 Å². The molecule has 2 aromatic heterocycles. The minimum atomic E-state index is -0.167. The third-order valence-electron chi connectivity index (χ3n) is 3.80. The number of allylic oxidation sites excluding steroid dienone is 2. The molecule has 7 heteroatoms. The molecular formula is C18H22N5O2+. The van der Waals surface area contributed by atoms with Gasteiger partial charge in [0.25, 0.3) is 5.88 Å². The molecule has 0 spiro atoms. The quantitative estimate of drug-likeness (QED) is 0.846. The molecule has 0 unspecified atom stereocenters. The van der Waals surface area contributed by atoms with E-state index in [4.69, 9.17) is 10.1 Å². The van der Waals surface area contributed by atoms with Gasteiger partial charge in [-0.1, -0.05) is 6.07 Å². The van der Waals surface area contributed by atoms with Gasteiger partial charge in [-0.25, -0.2) is 9.51 Å². The summed E-state index contributed by atoms with van der Waals surface area (Å²) in [7, 11) is 6.28. The highest BCUT2D eigenvalue weighted by Crippen LogP contribution is 2.32. The Hall–Kier alpha value is -2.80. The highest BCUT2D eigenvalue weighted by Gasteiger charge is 2.20. The zero-order chi connectivity index (χ0) is 18.0. The SMILES string of the molecule is C[N+](C)(C)CCOc1nn2ccccc2c1N=C1C=CC(=N)CC1=O. The second-order valence-corrected chi connectivity index (χ2v) is 7.00. The number of aliphatic imine (C=N–C) groups is 1. The average Bonchev–Trinajstić information content (AvgIpc) is 2.87. The van der Waals surface area contributed by atoms with Crippen molar-refractivity contribution in [2.45, 2.75) is 6.42 Å². The Labute approximate surface area is 146 Å². The summed E-state index contributed by atoms with van der Waals surface area (Å²) in [5, 5.41) is 12.0. The molecule has 3 rings (SSSR count). The van der Waals surface area contributed by atoms with E-state index in [0.717, 1.165) is 16.5 Å². The second kappa shape index (κ2) is 6.60. The van der Waals surface area contributed by atoms with Crippen LogP contribution >= 0.6 is 0 Å². The highest BCUT2D eigenvalue weighted by molar-refractivity contribution is 6.50. The first kappa shape index (κ1) is 17.0. The molecular weight excluding hydrogens is 318 g/mol. The van der Waals surface area contributed by atoms with Crippen molar-refractivity contribution in [2.75, 3.05) is 34.3 Å². The van der Waals surface area contributed by atoms with Crippen LogP contribution < -0.4 is 4.74 Å². The van der Waals surface area contributed by atoms with Gasteiger partial charge < -0.3 is 14.6 Å². The Kier molecular flexibility index (Phi) is 4.50. The molecule has 25 heavy (non-hydrogen) atoms. The third-order valence-corrected chi connectivity index (χ3v) is 3.80. The fourth-order valence-corrected chi connectivity index (χ4v) is 2.40. The number of ketones is 1. The van der Waals surface area contributed by atoms with Crippen LogP contribution in [0.3, 0.4) is 0 Å². The van der Waals surface area contributed by atoms with Crippen molar-refractivity contribution in [1.82, 2.24) is 9.61 Å². The van der Waals surface area contributed by atoms with E-state index >= 15 is 0 Å². The molecule has 2 heterocycles. The number of hydrogen-bond donors (Lipinski definition) is 1. The van der Waals surface area contributed by atoms with Gasteiger partial charge in [-0.05, 0) is 24.3 Å². The molecule has 0 saturated heterocycles. The van der Waals surface area contributed by atoms with Crippen LogP contribution in [0.1, 0.15) is 6.42 Å². The summed E-state index contributed by atoms with van der Waals surface area (Å²) in [6.07, 6.45) is 5.08. The van der Waals surface area contributed by atoms with Crippen molar-refractivity contribution >= 4 is 28.4 Å². The number of nitrogens with one attached hydrogen (secondary N) is 1. The summed E-state index contributed by atoms with van der Waals surface area (Å²) in [5.74, 6) is 0.245. The van der Waals surface area contributed by atoms with E-state index in [1.165, 1.54) is 0 Å². The van der Waals surface area contributed by atoms with Gasteiger partial charge in [0.1, 0.15) is 18.9 Å². The lowest BCUT2D eigenvalue weighted by Crippen LogP contribution is -2.38. The van der Waals surface area contributed by atoms with Gasteiger partial charge >= 0.3 is 0 Å². The van der Waals surface area contributed by atoms with Gasteiger partial charge in [0.15, 0.2) is 11.5 Å². The first-order valence-electron chi connectivity index (χ1n) is 8.11. The van der Waals surface area contributed by atoms with Crippen molar-refractivity contribution in [3.05, 3.63) is 36.5 Å². The first-order valence-corrected chi connectivity index (χ1v) is 8.11. The Morgan fingerprint density at radius 1 is 1.32 bits per heavy atom. The lowest BCUT2D eigenvalue weighted by Gasteiger charge is -2.23. The number of Topliss-reactive ketones (excluding diaryl/α,β-unsaturated/α-hetero) is 1. The summed E-state index contributed by atoms with van der Waals surface area (Å²) in [5.41, 5.74) is 1.94. The Morgan fingerprint density at radius 2 is 2.12 bits per heavy atom. The van der Waals surface area contributed by atoms with Crippen LogP contribution in [0.5, 0.6) is 5.88 Å². The van der Waals surface area contributed by atoms with E-state index in [9.17, 15) is 4.79 Å². The van der Waals surface area contributed by atoms with Gasteiger partial charge in [-0.15, -0.1) is 5.10 Å². The number of likely N-dealkylation sites (N-methyl/N-ethyl adjacent to an activating group) is 1. The number of quaternary nitrogens is 1. The van der Waals surface area contributed by atoms with Crippen molar-refractivity contribution in [3.8, 4) is 5.88 Å². The Morgan fingerprint density at radius 3 is 2.84 bits per heavy atom. The fraction of sp³-hybridized carbons (Fsp3) is 0.333. The summed E-state index contributed by atoms with van der Waals surface area (Å²) >= 11 is 0. The van der Waals surface area contributed by atoms with Gasteiger partial charge in [-0.3, -0.25) is 4.79 Å². The fourth-order valence-electron chi connectivity index (χ4n) is 2.40. The largest absolute Gasteiger partial charge is 0.469 e. The second-order valence-electron chi connectivity index (χ2n) is 7.00. The van der Waals surface area contributed by atoms with E-state index in [2.05, 4.69) is 31.2 Å². The molecule has 0 radical (unpaired) electrons. The smallest absolute Gasteiger partial charge is 0.260 e. The number of nitrogens with zero attached hydrogens (tertiary/aromatic N) is 4. The molecule has 0 aromatic carbocycles. The lowest BCUT2D eigenvalue weighted by molar-refractivity contribution is -0.870. The van der Waals surface area contributed by atoms with Gasteiger partial charge in [0.05, 0.1) is 33.1 Å². The molecule has 0 aliphatic heterocycles. The van der Waals surface area contributed by atoms with Gasteiger partial charge in [0, 0.05) is 11.9 Å². The zero-order valence-corrected chi connectivity index (χ0v) is 14.7. The predicted molar refractivity (Wildman–Crippen MR) is 97.2 cm³/mol. The summed E-state index contributed by atoms with van der Waals surface area (Å²) in [6, 6.07) is 5.66. The van der Waals surface area contributed by atoms with Crippen LogP contribution in [-0.2, 0) is 4.79 Å². The van der Waals surface area contributed by atoms with Crippen LogP contribution in [0.15, 0.2) is 41.5 Å². The Balaban J connectivity index is 1.97. The number of carbonyl (C=O) groups is 1. The van der Waals surface area contributed by atoms with E-state index in [-0.39, 0.29) is 12.2 Å². The van der Waals surface area contributed by atoms with Crippen LogP contribution in [-0.4, -0.2) is 65.6 Å². The van der Waals surface area contributed by atoms with E-state index in [1.807, 2.05) is 24.4 Å². The lowest BCUT2D eigenvalue weighted by atomic mass is 10.0. The summed E-state index contributed by atoms with van der Waals surface area (Å²) < 4.78 is 8.34. The number of pyridine rings is 1. The standard InChI is InChI=1S/C18H22N5O2/c1-23(2,3)10-11-25-18-17(15-6-4-5-9-22(15)21-18)20-14-8-7-13(19)12-16(14)24/h4-9,19H,10-12H2,1-3H3/q+1. The van der Waals surface area contributed by atoms with E-state index in [1.54, 1.807) is 16.7 Å². The number of fused-ring (bicyclic) bond motifs is 1. The molecule has 0 saturated carbocycles. The van der Waals surface area contributed by atoms with E-state index < -0.39 is 0 Å². The number of rotatable bonds is 5. The maximum Gasteiger partial charge on any atom is 0.260 e. The average molecular weight is 340 g/mol. The summed E-state index contributed by atoms with van der Waals surface area (Å²) in [4.78, 5) is 16.6. The zero-order valence-electron chi connectivity index (χ0n) is 14.7. The normalized spacial score (nSPS) is 16.8. The molecule has 1 aliphatic rings. The molecule has 1 N–H and O–H groups in total. The van der Waals surface area contributed by atoms with Gasteiger partial charge in [0.2, 0.25) is 0 Å². The molecule has 0 atom stereocenters. The van der Waals surface area contributed by atoms with Crippen molar-refractivity contribution in [2.24, 2.45) is 4.99 Å². The summed E-state index contributed by atoms with van der Waals surface area (Å²) in [6.45, 7) is 1.32. The Bertz CT molecular complexity index is 886. The molecule has 0 fully saturated rings. The van der Waals surface area contributed by atoms with Crippen LogP contribution in [0.4, 0.5) is 5.69 Å². The molecule has 7 nitrogen and oxygen atoms in total. The van der Waals surface area contributed by atoms with Crippen molar-refractivity contribution in [1.29, 1.82) is 5.41 Å². The van der Waals surface area contributed by atoms with Crippen molar-refractivity contribution in [3.63, 3.8) is 0 Å². The number of ether oxygens (including phenoxy) is 1. The van der Waals surface area contributed by atoms with Crippen LogP contribution in [0.2, 0.25) is 0 Å². The molecule has 1 aliphatic carbocycles. The predicted octanol–water partition coefficient (Wildman–Crippen LogP) is 2.04. The molecule has 130 valence electrons. The monoisotopic (exact) mass is 340 g/mol. The minimum absolute atomic E-state index is 0.0756. The highest BCUT2D eigenvalue weighted by atomic mass is 16.5. The minimum Gasteiger partial charge on any atom is -0.469 e. The van der Waals surface area contributed by atoms with Gasteiger partial charge in [-0.2, -0.15) is 0 Å². The number of carbonyl (C=O) groups excluding carboxylic acids is 1. The maximum atomic E-state index is 12.1. The van der Waals surface area contributed by atoms with E-state index in [0.29, 0.717) is 29.6 Å². The number of aromatic nitrogens is 2. The maximum absolute atomic E-state index is 12.1. The number of hydrogen-bond acceptors (Lipinski definition) is 5. The third kappa shape index (κ3) is 4.00. The molecule has 0 bridgehead atoms.